The molecule has 0 saturated heterocycles. The molecule has 0 fully saturated rings. The van der Waals surface area contributed by atoms with Gasteiger partial charge in [-0.05, 0) is 57.8 Å². The van der Waals surface area contributed by atoms with Crippen molar-refractivity contribution in [2.45, 2.75) is 46.3 Å². The van der Waals surface area contributed by atoms with Gasteiger partial charge in [0.15, 0.2) is 11.5 Å². The molecule has 0 aliphatic rings. The van der Waals surface area contributed by atoms with E-state index in [0.717, 1.165) is 17.4 Å². The Morgan fingerprint density at radius 3 is 2.53 bits per heavy atom. The van der Waals surface area contributed by atoms with Crippen LogP contribution < -0.4 is 16.2 Å². The minimum Gasteiger partial charge on any atom is -0.468 e. The standard InChI is InChI=1S/C9H12N4O.C9H21N.C6H8OS/c1-4-5-12(2)7-8(10)11-6-13(3)9(7)14;1-5-9(3)7-8-10(4)6-2;1-8-5-6-3-2-4-7-6/h6H,10H2,1-3H3;9H,5-8H2,1-4H3;2-4H,5H2,1H3/t;9-;/m.1./s1. The van der Waals surface area contributed by atoms with Gasteiger partial charge in [0.2, 0.25) is 0 Å². The van der Waals surface area contributed by atoms with Crippen LogP contribution in [-0.4, -0.2) is 47.9 Å². The summed E-state index contributed by atoms with van der Waals surface area (Å²) >= 11 is 1.77. The van der Waals surface area contributed by atoms with Crippen LogP contribution in [0.25, 0.3) is 0 Å². The van der Waals surface area contributed by atoms with E-state index in [0.29, 0.717) is 5.69 Å². The second kappa shape index (κ2) is 17.2. The van der Waals surface area contributed by atoms with Gasteiger partial charge in [-0.1, -0.05) is 33.1 Å². The average molecular weight is 464 g/mol. The highest BCUT2D eigenvalue weighted by Crippen LogP contribution is 2.11. The molecule has 0 radical (unpaired) electrons. The van der Waals surface area contributed by atoms with Gasteiger partial charge in [0.25, 0.3) is 5.56 Å². The summed E-state index contributed by atoms with van der Waals surface area (Å²) in [4.78, 5) is 19.4. The predicted octanol–water partition coefficient (Wildman–Crippen LogP) is 4.30. The van der Waals surface area contributed by atoms with E-state index in [-0.39, 0.29) is 11.4 Å². The van der Waals surface area contributed by atoms with Gasteiger partial charge in [-0.25, -0.2) is 4.98 Å². The van der Waals surface area contributed by atoms with Crippen molar-refractivity contribution in [1.82, 2.24) is 14.5 Å². The summed E-state index contributed by atoms with van der Waals surface area (Å²) in [7, 11) is 5.47. The fourth-order valence-corrected chi connectivity index (χ4v) is 2.87. The van der Waals surface area contributed by atoms with Gasteiger partial charge in [0, 0.05) is 20.1 Å². The minimum absolute atomic E-state index is 0.193. The van der Waals surface area contributed by atoms with Crippen LogP contribution in [0.4, 0.5) is 11.5 Å². The molecule has 2 rings (SSSR count). The molecule has 0 aromatic carbocycles. The molecule has 0 unspecified atom stereocenters. The van der Waals surface area contributed by atoms with E-state index < -0.39 is 0 Å². The number of nitrogen functional groups attached to an aromatic ring is 1. The van der Waals surface area contributed by atoms with Crippen LogP contribution in [0.5, 0.6) is 0 Å². The molecule has 0 bridgehead atoms. The fraction of sp³-hybridized carbons (Fsp3) is 0.583. The summed E-state index contributed by atoms with van der Waals surface area (Å²) < 4.78 is 6.41. The third-order valence-electron chi connectivity index (χ3n) is 4.86. The number of anilines is 2. The zero-order valence-electron chi connectivity index (χ0n) is 21.0. The molecule has 1 atom stereocenters. The largest absolute Gasteiger partial charge is 0.468 e. The maximum Gasteiger partial charge on any atom is 0.279 e. The maximum atomic E-state index is 11.6. The second-order valence-electron chi connectivity index (χ2n) is 7.53. The quantitative estimate of drug-likeness (QED) is 0.462. The summed E-state index contributed by atoms with van der Waals surface area (Å²) in [5.41, 5.74) is 5.69. The highest BCUT2D eigenvalue weighted by Gasteiger charge is 2.10. The average Bonchev–Trinajstić information content (AvgIpc) is 3.29. The molecule has 0 amide bonds. The van der Waals surface area contributed by atoms with Gasteiger partial charge in [-0.15, -0.1) is 0 Å². The number of nitrogens with two attached hydrogens (primary N) is 1. The first kappa shape index (κ1) is 29.6. The summed E-state index contributed by atoms with van der Waals surface area (Å²) in [5, 5.41) is 0. The molecule has 0 spiro atoms. The minimum atomic E-state index is -0.206. The zero-order chi connectivity index (χ0) is 24.5. The first-order chi connectivity index (χ1) is 15.2. The van der Waals surface area contributed by atoms with Crippen molar-refractivity contribution in [2.75, 3.05) is 44.1 Å². The Balaban J connectivity index is 0.000000471. The summed E-state index contributed by atoms with van der Waals surface area (Å²) in [6.45, 7) is 10.9. The fourth-order valence-electron chi connectivity index (χ4n) is 2.42. The molecule has 8 heteroatoms. The van der Waals surface area contributed by atoms with Crippen LogP contribution in [0.1, 0.15) is 46.3 Å². The number of aromatic nitrogens is 2. The van der Waals surface area contributed by atoms with Crippen molar-refractivity contribution in [3.63, 3.8) is 0 Å². The van der Waals surface area contributed by atoms with Crippen molar-refractivity contribution >= 4 is 23.3 Å². The van der Waals surface area contributed by atoms with Crippen molar-refractivity contribution in [1.29, 1.82) is 0 Å². The molecule has 2 N–H and O–H groups in total. The van der Waals surface area contributed by atoms with Crippen LogP contribution >= 0.6 is 11.8 Å². The lowest BCUT2D eigenvalue weighted by molar-refractivity contribution is 0.317. The number of furan rings is 1. The molecule has 2 heterocycles. The Bertz CT molecular complexity index is 846. The van der Waals surface area contributed by atoms with Crippen LogP contribution in [0.3, 0.4) is 0 Å². The highest BCUT2D eigenvalue weighted by atomic mass is 32.2. The van der Waals surface area contributed by atoms with Gasteiger partial charge < -0.3 is 19.6 Å². The number of nitrogens with zero attached hydrogens (tertiary/aromatic N) is 4. The Labute approximate surface area is 198 Å². The van der Waals surface area contributed by atoms with E-state index in [1.165, 1.54) is 41.7 Å². The normalized spacial score (nSPS) is 10.8. The first-order valence-corrected chi connectivity index (χ1v) is 12.3. The molecule has 0 saturated carbocycles. The Morgan fingerprint density at radius 1 is 1.34 bits per heavy atom. The smallest absolute Gasteiger partial charge is 0.279 e. The van der Waals surface area contributed by atoms with Gasteiger partial charge in [-0.3, -0.25) is 9.69 Å². The molecule has 0 aliphatic carbocycles. The SMILES string of the molecule is CC#CN(C)c1c(N)ncn(C)c1=O.CC[C@@H](C)CCN(C)CC.CSCc1ccco1. The summed E-state index contributed by atoms with van der Waals surface area (Å²) in [6.07, 6.45) is 7.81. The Kier molecular flexibility index (Phi) is 15.9. The van der Waals surface area contributed by atoms with Crippen molar-refractivity contribution in [3.05, 3.63) is 40.8 Å². The third-order valence-corrected chi connectivity index (χ3v) is 5.43. The van der Waals surface area contributed by atoms with E-state index in [4.69, 9.17) is 10.2 Å². The molecule has 180 valence electrons. The Morgan fingerprint density at radius 2 is 2.03 bits per heavy atom. The topological polar surface area (TPSA) is 80.5 Å². The van der Waals surface area contributed by atoms with E-state index in [2.05, 4.69) is 55.9 Å². The lowest BCUT2D eigenvalue weighted by atomic mass is 10.1. The molecule has 32 heavy (non-hydrogen) atoms. The van der Waals surface area contributed by atoms with Crippen molar-refractivity contribution in [3.8, 4) is 12.0 Å². The zero-order valence-corrected chi connectivity index (χ0v) is 21.8. The number of aryl methyl sites for hydroxylation is 1. The maximum absolute atomic E-state index is 11.6. The summed E-state index contributed by atoms with van der Waals surface area (Å²) in [5.74, 6) is 5.81. The van der Waals surface area contributed by atoms with E-state index in [1.807, 2.05) is 12.1 Å². The van der Waals surface area contributed by atoms with E-state index in [9.17, 15) is 4.79 Å². The van der Waals surface area contributed by atoms with Crippen LogP contribution in [0.15, 0.2) is 33.9 Å². The lowest BCUT2D eigenvalue weighted by Gasteiger charge is -2.15. The van der Waals surface area contributed by atoms with Gasteiger partial charge in [0.05, 0.1) is 18.3 Å². The number of hydrogen-bond acceptors (Lipinski definition) is 7. The predicted molar refractivity (Wildman–Crippen MR) is 139 cm³/mol. The Hall–Kier alpha value is -2.37. The monoisotopic (exact) mass is 463 g/mol. The number of thioether (sulfide) groups is 1. The second-order valence-corrected chi connectivity index (χ2v) is 8.39. The molecular weight excluding hydrogens is 422 g/mol. The van der Waals surface area contributed by atoms with Crippen LogP contribution in [0, 0.1) is 17.9 Å². The first-order valence-electron chi connectivity index (χ1n) is 10.9. The highest BCUT2D eigenvalue weighted by molar-refractivity contribution is 7.97. The molecule has 0 aliphatic heterocycles. The van der Waals surface area contributed by atoms with Gasteiger partial charge in [-0.2, -0.15) is 11.8 Å². The van der Waals surface area contributed by atoms with Gasteiger partial charge >= 0.3 is 0 Å². The summed E-state index contributed by atoms with van der Waals surface area (Å²) in [6, 6.07) is 6.61. The molecule has 7 nitrogen and oxygen atoms in total. The third kappa shape index (κ3) is 11.9. The molecule has 2 aromatic rings. The van der Waals surface area contributed by atoms with Crippen molar-refractivity contribution in [2.24, 2.45) is 13.0 Å². The van der Waals surface area contributed by atoms with E-state index >= 15 is 0 Å². The van der Waals surface area contributed by atoms with Crippen molar-refractivity contribution < 1.29 is 4.42 Å². The number of rotatable bonds is 8. The molecular formula is C24H41N5O2S. The molecule has 2 aromatic heterocycles. The number of hydrogen-bond donors (Lipinski definition) is 1. The van der Waals surface area contributed by atoms with E-state index in [1.54, 1.807) is 39.0 Å². The van der Waals surface area contributed by atoms with Crippen LogP contribution in [-0.2, 0) is 12.8 Å². The van der Waals surface area contributed by atoms with Crippen LogP contribution in [0.2, 0.25) is 0 Å². The lowest BCUT2D eigenvalue weighted by Crippen LogP contribution is -2.27. The van der Waals surface area contributed by atoms with Gasteiger partial charge in [0.1, 0.15) is 5.76 Å².